The van der Waals surface area contributed by atoms with Gasteiger partial charge in [-0.05, 0) is 35.0 Å². The van der Waals surface area contributed by atoms with Gasteiger partial charge < -0.3 is 9.47 Å². The van der Waals surface area contributed by atoms with Gasteiger partial charge in [-0.25, -0.2) is 5.26 Å². The first kappa shape index (κ1) is 35.2. The number of rotatable bonds is 6. The molecule has 0 atom stereocenters. The van der Waals surface area contributed by atoms with Gasteiger partial charge in [0.25, 0.3) is 5.69 Å². The second kappa shape index (κ2) is 19.3. The first-order valence-corrected chi connectivity index (χ1v) is 11.0. The van der Waals surface area contributed by atoms with Gasteiger partial charge in [-0.3, -0.25) is 34.0 Å². The minimum atomic E-state index is -4.67. The van der Waals surface area contributed by atoms with Crippen LogP contribution in [-0.4, -0.2) is 59.1 Å². The van der Waals surface area contributed by atoms with Crippen molar-refractivity contribution in [2.45, 2.75) is 12.8 Å². The second-order valence-corrected chi connectivity index (χ2v) is 7.55. The number of nitrogens with zero attached hydrogens (tertiary/aromatic N) is 1. The first-order chi connectivity index (χ1) is 16.7. The zero-order valence-electron chi connectivity index (χ0n) is 18.5. The third-order valence-electron chi connectivity index (χ3n) is 3.29. The van der Waals surface area contributed by atoms with E-state index in [1.54, 1.807) is 18.2 Å². The highest BCUT2D eigenvalue weighted by Crippen LogP contribution is 2.25. The molecule has 0 amide bonds. The van der Waals surface area contributed by atoms with Crippen LogP contribution < -0.4 is 5.64 Å². The monoisotopic (exact) mass is 576 g/mol. The molecular formula is C18H22Cl2N2O13S. The zero-order chi connectivity index (χ0) is 28.3. The third-order valence-corrected chi connectivity index (χ3v) is 3.83. The number of hydrogen-bond donors (Lipinski definition) is 5. The molecule has 2 aromatic rings. The van der Waals surface area contributed by atoms with E-state index in [1.807, 2.05) is 6.07 Å². The average molecular weight is 577 g/mol. The van der Waals surface area contributed by atoms with Crippen molar-refractivity contribution in [3.05, 3.63) is 73.8 Å². The highest BCUT2D eigenvalue weighted by molar-refractivity contribution is 7.79. The number of nitro benzene ring substituents is 1. The number of methoxy groups -OCH3 is 2. The van der Waals surface area contributed by atoms with E-state index in [0.29, 0.717) is 10.6 Å². The van der Waals surface area contributed by atoms with E-state index in [2.05, 4.69) is 14.5 Å². The molecule has 0 saturated carbocycles. The van der Waals surface area contributed by atoms with Crippen LogP contribution in [0.4, 0.5) is 5.69 Å². The molecule has 5 N–H and O–H groups in total. The molecule has 0 heterocycles. The molecule has 0 saturated heterocycles. The molecule has 15 nitrogen and oxygen atoms in total. The smallest absolute Gasteiger partial charge is 0.394 e. The van der Waals surface area contributed by atoms with Gasteiger partial charge in [-0.15, -0.1) is 4.99 Å². The Balaban J connectivity index is 0. The SMILES string of the molecule is COC(=O)Cc1ccc([N+](=O)[O-])c(Cl)c1.COC(=O)Cc1cccc(Cl)c1.O=S(=O)(O)O.ONOO. The van der Waals surface area contributed by atoms with E-state index in [1.165, 1.54) is 32.4 Å². The number of hydrogen-bond acceptors (Lipinski definition) is 12. The molecule has 0 aliphatic heterocycles. The summed E-state index contributed by atoms with van der Waals surface area (Å²) >= 11 is 11.4. The molecule has 0 aliphatic rings. The van der Waals surface area contributed by atoms with Crippen LogP contribution in [0.25, 0.3) is 0 Å². The first-order valence-electron chi connectivity index (χ1n) is 8.88. The number of carbonyl (C=O) groups excluding carboxylic acids is 2. The van der Waals surface area contributed by atoms with E-state index >= 15 is 0 Å². The summed E-state index contributed by atoms with van der Waals surface area (Å²) in [6.45, 7) is 0. The van der Waals surface area contributed by atoms with Gasteiger partial charge in [0, 0.05) is 11.1 Å². The molecule has 0 aliphatic carbocycles. The number of nitrogens with one attached hydrogen (secondary N) is 1. The van der Waals surface area contributed by atoms with Gasteiger partial charge >= 0.3 is 22.3 Å². The van der Waals surface area contributed by atoms with Gasteiger partial charge in [0.2, 0.25) is 0 Å². The van der Waals surface area contributed by atoms with Crippen molar-refractivity contribution >= 4 is 51.2 Å². The fourth-order valence-electron chi connectivity index (χ4n) is 1.93. The summed E-state index contributed by atoms with van der Waals surface area (Å²) in [5.41, 5.74) is 2.26. The molecule has 36 heavy (non-hydrogen) atoms. The highest BCUT2D eigenvalue weighted by Gasteiger charge is 2.13. The third kappa shape index (κ3) is 20.4. The van der Waals surface area contributed by atoms with Crippen molar-refractivity contribution in [2.75, 3.05) is 14.2 Å². The summed E-state index contributed by atoms with van der Waals surface area (Å²) < 4.78 is 40.6. The minimum absolute atomic E-state index is 0.0152. The van der Waals surface area contributed by atoms with Crippen LogP contribution in [0.5, 0.6) is 0 Å². The van der Waals surface area contributed by atoms with E-state index in [9.17, 15) is 19.7 Å². The largest absolute Gasteiger partial charge is 0.469 e. The minimum Gasteiger partial charge on any atom is -0.469 e. The molecule has 0 aromatic heterocycles. The van der Waals surface area contributed by atoms with Crippen LogP contribution in [-0.2, 0) is 47.3 Å². The Morgan fingerprint density at radius 2 is 1.44 bits per heavy atom. The topological polar surface area (TPSA) is 232 Å². The number of benzene rings is 2. The van der Waals surface area contributed by atoms with E-state index < -0.39 is 21.3 Å². The van der Waals surface area contributed by atoms with Crippen LogP contribution in [0.1, 0.15) is 11.1 Å². The van der Waals surface area contributed by atoms with E-state index in [4.69, 9.17) is 51.2 Å². The van der Waals surface area contributed by atoms with Crippen molar-refractivity contribution in [2.24, 2.45) is 0 Å². The van der Waals surface area contributed by atoms with Gasteiger partial charge in [0.1, 0.15) is 5.02 Å². The number of halogens is 2. The molecule has 2 rings (SSSR count). The van der Waals surface area contributed by atoms with Crippen LogP contribution in [0.15, 0.2) is 42.5 Å². The summed E-state index contributed by atoms with van der Waals surface area (Å²) in [6, 6.07) is 11.3. The van der Waals surface area contributed by atoms with E-state index in [-0.39, 0.29) is 29.5 Å². The Bertz CT molecular complexity index is 1070. The molecule has 0 spiro atoms. The van der Waals surface area contributed by atoms with Crippen molar-refractivity contribution in [1.29, 1.82) is 0 Å². The molecule has 0 unspecified atom stereocenters. The average Bonchev–Trinajstić information content (AvgIpc) is 2.78. The van der Waals surface area contributed by atoms with Crippen molar-refractivity contribution < 1.29 is 57.0 Å². The maximum Gasteiger partial charge on any atom is 0.394 e. The predicted octanol–water partition coefficient (Wildman–Crippen LogP) is 2.74. The van der Waals surface area contributed by atoms with E-state index in [0.717, 1.165) is 11.2 Å². The van der Waals surface area contributed by atoms with Crippen LogP contribution in [0.2, 0.25) is 10.0 Å². The molecule has 0 bridgehead atoms. The van der Waals surface area contributed by atoms with Gasteiger partial charge in [0.15, 0.2) is 0 Å². The fourth-order valence-corrected chi connectivity index (χ4v) is 2.42. The summed E-state index contributed by atoms with van der Waals surface area (Å²) in [4.78, 5) is 34.4. The molecular weight excluding hydrogens is 555 g/mol. The van der Waals surface area contributed by atoms with Gasteiger partial charge in [-0.2, -0.15) is 8.42 Å². The summed E-state index contributed by atoms with van der Waals surface area (Å²) in [5.74, 6) is -0.669. The van der Waals surface area contributed by atoms with Crippen LogP contribution >= 0.6 is 23.2 Å². The molecule has 0 fully saturated rings. The Kier molecular flexibility index (Phi) is 18.9. The maximum atomic E-state index is 10.9. The van der Waals surface area contributed by atoms with Crippen LogP contribution in [0, 0.1) is 10.1 Å². The van der Waals surface area contributed by atoms with Crippen LogP contribution in [0.3, 0.4) is 0 Å². The number of ether oxygens (including phenoxy) is 2. The number of nitro groups is 1. The molecule has 2 aromatic carbocycles. The lowest BCUT2D eigenvalue weighted by Gasteiger charge is -2.00. The predicted molar refractivity (Wildman–Crippen MR) is 124 cm³/mol. The Morgan fingerprint density at radius 3 is 1.78 bits per heavy atom. The standard InChI is InChI=1S/C9H8ClNO4.C9H9ClO2.H3NO3.H2O4S/c1-15-9(12)5-6-2-3-8(11(13)14)7(10)4-6;1-12-9(11)6-7-3-2-4-8(10)5-7;2-1-4-3;1-5(2,3)4/h2-4H,5H2,1H3;2-5H,6H2,1H3;1-3H;(H2,1,2,3,4). The number of carbonyl (C=O) groups is 2. The summed E-state index contributed by atoms with van der Waals surface area (Å²) in [5, 5.41) is 25.3. The highest BCUT2D eigenvalue weighted by atomic mass is 35.5. The van der Waals surface area contributed by atoms with Crippen molar-refractivity contribution in [3.63, 3.8) is 0 Å². The Morgan fingerprint density at radius 1 is 1.00 bits per heavy atom. The normalized spacial score (nSPS) is 9.67. The summed E-state index contributed by atoms with van der Waals surface area (Å²) in [6.07, 6.45) is 0.325. The lowest BCUT2D eigenvalue weighted by Crippen LogP contribution is -2.04. The molecule has 18 heteroatoms. The van der Waals surface area contributed by atoms with Crippen molar-refractivity contribution in [1.82, 2.24) is 5.64 Å². The van der Waals surface area contributed by atoms with Gasteiger partial charge in [-0.1, -0.05) is 41.4 Å². The zero-order valence-corrected chi connectivity index (χ0v) is 20.9. The summed E-state index contributed by atoms with van der Waals surface area (Å²) in [7, 11) is -2.03. The number of esters is 2. The lowest BCUT2D eigenvalue weighted by atomic mass is 10.1. The fraction of sp³-hybridized carbons (Fsp3) is 0.222. The Labute approximate surface area is 214 Å². The molecule has 0 radical (unpaired) electrons. The quantitative estimate of drug-likeness (QED) is 0.109. The molecule has 202 valence electrons. The Hall–Kier alpha value is -2.93. The lowest BCUT2D eigenvalue weighted by molar-refractivity contribution is -0.384. The van der Waals surface area contributed by atoms with Gasteiger partial charge in [0.05, 0.1) is 32.0 Å². The maximum absolute atomic E-state index is 10.9. The van der Waals surface area contributed by atoms with Crippen molar-refractivity contribution in [3.8, 4) is 0 Å². The second-order valence-electron chi connectivity index (χ2n) is 5.81.